The Bertz CT molecular complexity index is 767. The molecule has 0 saturated heterocycles. The molecule has 2 aromatic carbocycles. The van der Waals surface area contributed by atoms with Crippen LogP contribution >= 0.6 is 0 Å². The summed E-state index contributed by atoms with van der Waals surface area (Å²) in [5.41, 5.74) is -0.0405. The van der Waals surface area contributed by atoms with Crippen molar-refractivity contribution >= 4 is 11.7 Å². The quantitative estimate of drug-likeness (QED) is 0.770. The van der Waals surface area contributed by atoms with Crippen molar-refractivity contribution in [2.75, 3.05) is 11.9 Å². The fraction of sp³-hybridized carbons (Fsp3) is 0.278. The number of amides is 2. The minimum absolute atomic E-state index is 0.0685. The summed E-state index contributed by atoms with van der Waals surface area (Å²) >= 11 is 0. The molecule has 0 spiro atoms. The van der Waals surface area contributed by atoms with Crippen molar-refractivity contribution in [2.24, 2.45) is 0 Å². The predicted octanol–water partition coefficient (Wildman–Crippen LogP) is 4.70. The number of carbonyl (C=O) groups excluding carboxylic acids is 1. The number of nitrogens with one attached hydrogen (secondary N) is 2. The molecule has 132 valence electrons. The molecule has 0 radical (unpaired) electrons. The standard InChI is InChI=1S/C18H16F4N2O/c19-14-6-4-12(5-7-14)17(8-9-17)11-23-16(25)24-15-3-1-2-13(10-15)18(20,21)22/h1-7,10H,8-9,11H2,(H2,23,24,25). The molecular formula is C18H16F4N2O. The third-order valence-electron chi connectivity index (χ3n) is 4.35. The predicted molar refractivity (Wildman–Crippen MR) is 85.8 cm³/mol. The van der Waals surface area contributed by atoms with Crippen LogP contribution in [-0.2, 0) is 11.6 Å². The number of hydrogen-bond donors (Lipinski definition) is 2. The van der Waals surface area contributed by atoms with Crippen LogP contribution in [0.25, 0.3) is 0 Å². The van der Waals surface area contributed by atoms with Crippen molar-refractivity contribution in [2.45, 2.75) is 24.4 Å². The zero-order chi connectivity index (χ0) is 18.1. The highest BCUT2D eigenvalue weighted by Gasteiger charge is 2.44. The van der Waals surface area contributed by atoms with Gasteiger partial charge in [-0.05, 0) is 48.7 Å². The second-order valence-corrected chi connectivity index (χ2v) is 6.17. The van der Waals surface area contributed by atoms with Gasteiger partial charge in [0.2, 0.25) is 0 Å². The molecule has 0 aromatic heterocycles. The lowest BCUT2D eigenvalue weighted by atomic mass is 9.96. The average Bonchev–Trinajstić information content (AvgIpc) is 3.34. The van der Waals surface area contributed by atoms with E-state index in [4.69, 9.17) is 0 Å². The molecule has 1 fully saturated rings. The first-order chi connectivity index (χ1) is 11.8. The Morgan fingerprint density at radius 3 is 2.36 bits per heavy atom. The number of benzene rings is 2. The number of carbonyl (C=O) groups is 1. The first-order valence-corrected chi connectivity index (χ1v) is 7.77. The number of anilines is 1. The number of rotatable bonds is 4. The summed E-state index contributed by atoms with van der Waals surface area (Å²) in [4.78, 5) is 12.0. The van der Waals surface area contributed by atoms with Crippen LogP contribution in [0.4, 0.5) is 28.0 Å². The molecule has 0 heterocycles. The highest BCUT2D eigenvalue weighted by Crippen LogP contribution is 2.47. The number of alkyl halides is 3. The van der Waals surface area contributed by atoms with Crippen LogP contribution in [0.1, 0.15) is 24.0 Å². The van der Waals surface area contributed by atoms with Crippen LogP contribution in [-0.4, -0.2) is 12.6 Å². The van der Waals surface area contributed by atoms with E-state index >= 15 is 0 Å². The molecule has 3 rings (SSSR count). The van der Waals surface area contributed by atoms with Crippen molar-refractivity contribution in [1.29, 1.82) is 0 Å². The highest BCUT2D eigenvalue weighted by molar-refractivity contribution is 5.89. The smallest absolute Gasteiger partial charge is 0.337 e. The van der Waals surface area contributed by atoms with Gasteiger partial charge in [0, 0.05) is 17.6 Å². The molecule has 1 aliphatic carbocycles. The van der Waals surface area contributed by atoms with Gasteiger partial charge in [-0.3, -0.25) is 0 Å². The maximum atomic E-state index is 13.0. The van der Waals surface area contributed by atoms with Crippen molar-refractivity contribution in [3.63, 3.8) is 0 Å². The molecule has 2 N–H and O–H groups in total. The zero-order valence-electron chi connectivity index (χ0n) is 13.2. The molecule has 0 unspecified atom stereocenters. The van der Waals surface area contributed by atoms with Crippen molar-refractivity contribution in [3.05, 3.63) is 65.5 Å². The first-order valence-electron chi connectivity index (χ1n) is 7.77. The summed E-state index contributed by atoms with van der Waals surface area (Å²) in [7, 11) is 0. The Morgan fingerprint density at radius 1 is 1.08 bits per heavy atom. The molecule has 1 aliphatic rings. The summed E-state index contributed by atoms with van der Waals surface area (Å²) in [6, 6.07) is 10.00. The molecule has 0 aliphatic heterocycles. The normalized spacial score (nSPS) is 15.5. The summed E-state index contributed by atoms with van der Waals surface area (Å²) in [5, 5.41) is 5.09. The maximum absolute atomic E-state index is 13.0. The number of hydrogen-bond acceptors (Lipinski definition) is 1. The third-order valence-corrected chi connectivity index (χ3v) is 4.35. The Balaban J connectivity index is 1.59. The van der Waals surface area contributed by atoms with Gasteiger partial charge in [0.15, 0.2) is 0 Å². The maximum Gasteiger partial charge on any atom is 0.416 e. The fourth-order valence-corrected chi connectivity index (χ4v) is 2.72. The molecule has 0 atom stereocenters. The Labute approximate surface area is 142 Å². The molecule has 2 aromatic rings. The molecule has 2 amide bonds. The van der Waals surface area contributed by atoms with Crippen molar-refractivity contribution in [3.8, 4) is 0 Å². The largest absolute Gasteiger partial charge is 0.416 e. The number of halogens is 4. The van der Waals surface area contributed by atoms with E-state index in [0.717, 1.165) is 30.5 Å². The van der Waals surface area contributed by atoms with E-state index in [0.29, 0.717) is 6.54 Å². The third kappa shape index (κ3) is 4.10. The Hall–Kier alpha value is -2.57. The van der Waals surface area contributed by atoms with Crippen LogP contribution in [0.15, 0.2) is 48.5 Å². The average molecular weight is 352 g/mol. The summed E-state index contributed by atoms with van der Waals surface area (Å²) in [5.74, 6) is -0.324. The summed E-state index contributed by atoms with van der Waals surface area (Å²) in [6.45, 7) is 0.337. The van der Waals surface area contributed by atoms with E-state index in [1.807, 2.05) is 0 Å². The van der Waals surface area contributed by atoms with E-state index < -0.39 is 17.8 Å². The van der Waals surface area contributed by atoms with E-state index in [1.54, 1.807) is 12.1 Å². The number of urea groups is 1. The van der Waals surface area contributed by atoms with Gasteiger partial charge in [0.1, 0.15) is 5.82 Å². The van der Waals surface area contributed by atoms with E-state index in [9.17, 15) is 22.4 Å². The lowest BCUT2D eigenvalue weighted by Gasteiger charge is -2.17. The van der Waals surface area contributed by atoms with Crippen LogP contribution in [0, 0.1) is 5.82 Å². The lowest BCUT2D eigenvalue weighted by Crippen LogP contribution is -2.35. The fourth-order valence-electron chi connectivity index (χ4n) is 2.72. The van der Waals surface area contributed by atoms with Gasteiger partial charge in [0.05, 0.1) is 5.56 Å². The minimum atomic E-state index is -4.46. The highest BCUT2D eigenvalue weighted by atomic mass is 19.4. The molecule has 7 heteroatoms. The van der Waals surface area contributed by atoms with Gasteiger partial charge in [-0.25, -0.2) is 9.18 Å². The van der Waals surface area contributed by atoms with Crippen molar-refractivity contribution < 1.29 is 22.4 Å². The lowest BCUT2D eigenvalue weighted by molar-refractivity contribution is -0.137. The SMILES string of the molecule is O=C(NCC1(c2ccc(F)cc2)CC1)Nc1cccc(C(F)(F)F)c1. The molecule has 25 heavy (non-hydrogen) atoms. The summed E-state index contributed by atoms with van der Waals surface area (Å²) < 4.78 is 51.0. The second-order valence-electron chi connectivity index (χ2n) is 6.17. The van der Waals surface area contributed by atoms with Crippen LogP contribution in [0.5, 0.6) is 0 Å². The molecule has 3 nitrogen and oxygen atoms in total. The molecular weight excluding hydrogens is 336 g/mol. The van der Waals surface area contributed by atoms with Crippen LogP contribution in [0.3, 0.4) is 0 Å². The van der Waals surface area contributed by atoms with Gasteiger partial charge in [0.25, 0.3) is 0 Å². The first kappa shape index (κ1) is 17.3. The van der Waals surface area contributed by atoms with E-state index in [2.05, 4.69) is 10.6 Å². The van der Waals surface area contributed by atoms with Crippen molar-refractivity contribution in [1.82, 2.24) is 5.32 Å². The zero-order valence-corrected chi connectivity index (χ0v) is 13.2. The van der Waals surface area contributed by atoms with E-state index in [-0.39, 0.29) is 16.9 Å². The minimum Gasteiger partial charge on any atom is -0.337 e. The molecule has 0 bridgehead atoms. The topological polar surface area (TPSA) is 41.1 Å². The Morgan fingerprint density at radius 2 is 1.76 bits per heavy atom. The van der Waals surface area contributed by atoms with Gasteiger partial charge >= 0.3 is 12.2 Å². The van der Waals surface area contributed by atoms with Gasteiger partial charge in [-0.15, -0.1) is 0 Å². The van der Waals surface area contributed by atoms with Gasteiger partial charge in [-0.2, -0.15) is 13.2 Å². The molecule has 1 saturated carbocycles. The monoisotopic (exact) mass is 352 g/mol. The van der Waals surface area contributed by atoms with Crippen LogP contribution in [0.2, 0.25) is 0 Å². The van der Waals surface area contributed by atoms with Crippen LogP contribution < -0.4 is 10.6 Å². The Kier molecular flexibility index (Phi) is 4.41. The summed E-state index contributed by atoms with van der Waals surface area (Å²) in [6.07, 6.45) is -2.74. The van der Waals surface area contributed by atoms with Gasteiger partial charge in [-0.1, -0.05) is 18.2 Å². The second kappa shape index (κ2) is 6.38. The van der Waals surface area contributed by atoms with E-state index in [1.165, 1.54) is 24.3 Å². The van der Waals surface area contributed by atoms with Gasteiger partial charge < -0.3 is 10.6 Å².